The van der Waals surface area contributed by atoms with Crippen LogP contribution in [0.5, 0.6) is 0 Å². The molecule has 0 aliphatic heterocycles. The second kappa shape index (κ2) is 10.4. The van der Waals surface area contributed by atoms with Crippen molar-refractivity contribution in [2.24, 2.45) is 0 Å². The summed E-state index contributed by atoms with van der Waals surface area (Å²) in [5.74, 6) is -0.544. The zero-order valence-electron chi connectivity index (χ0n) is 17.0. The van der Waals surface area contributed by atoms with Gasteiger partial charge in [-0.2, -0.15) is 0 Å². The van der Waals surface area contributed by atoms with Crippen molar-refractivity contribution in [3.05, 3.63) is 75.6 Å². The van der Waals surface area contributed by atoms with E-state index in [-0.39, 0.29) is 12.5 Å². The lowest BCUT2D eigenvalue weighted by atomic mass is 10.0. The van der Waals surface area contributed by atoms with E-state index in [4.69, 9.17) is 16.3 Å². The molecule has 3 aromatic rings. The Morgan fingerprint density at radius 1 is 1.07 bits per heavy atom. The molecule has 6 heteroatoms. The lowest BCUT2D eigenvalue weighted by Gasteiger charge is -2.09. The monoisotopic (exact) mass is 441 g/mol. The summed E-state index contributed by atoms with van der Waals surface area (Å²) in [4.78, 5) is 25.1. The smallest absolute Gasteiger partial charge is 0.341 e. The lowest BCUT2D eigenvalue weighted by Crippen LogP contribution is -2.14. The molecule has 1 aromatic heterocycles. The fourth-order valence-electron chi connectivity index (χ4n) is 3.09. The molecule has 0 saturated heterocycles. The summed E-state index contributed by atoms with van der Waals surface area (Å²) >= 11 is 7.24. The Morgan fingerprint density at radius 3 is 2.43 bits per heavy atom. The van der Waals surface area contributed by atoms with Crippen LogP contribution in [0.3, 0.4) is 0 Å². The van der Waals surface area contributed by atoms with Crippen LogP contribution in [0.4, 0.5) is 5.00 Å². The van der Waals surface area contributed by atoms with Crippen LogP contribution in [0.2, 0.25) is 5.02 Å². The van der Waals surface area contributed by atoms with E-state index in [0.717, 1.165) is 28.7 Å². The van der Waals surface area contributed by atoms with Gasteiger partial charge in [0.05, 0.1) is 6.61 Å². The van der Waals surface area contributed by atoms with Crippen LogP contribution >= 0.6 is 22.9 Å². The quantitative estimate of drug-likeness (QED) is 0.405. The fraction of sp³-hybridized carbons (Fsp3) is 0.250. The number of aryl methyl sites for hydroxylation is 2. The molecule has 0 spiro atoms. The Labute approximate surface area is 185 Å². The van der Waals surface area contributed by atoms with Crippen LogP contribution in [-0.4, -0.2) is 18.5 Å². The number of hydrogen-bond acceptors (Lipinski definition) is 4. The van der Waals surface area contributed by atoms with Crippen molar-refractivity contribution in [1.29, 1.82) is 0 Å². The third-order valence-electron chi connectivity index (χ3n) is 4.67. The highest BCUT2D eigenvalue weighted by atomic mass is 35.5. The second-order valence-corrected chi connectivity index (χ2v) is 8.28. The Hall–Kier alpha value is -2.63. The molecule has 0 aliphatic rings. The Kier molecular flexibility index (Phi) is 7.66. The molecule has 0 bridgehead atoms. The number of rotatable bonds is 8. The van der Waals surface area contributed by atoms with E-state index in [1.165, 1.54) is 11.3 Å². The van der Waals surface area contributed by atoms with Crippen molar-refractivity contribution in [3.63, 3.8) is 0 Å². The molecule has 1 N–H and O–H groups in total. The Bertz CT molecular complexity index is 1010. The van der Waals surface area contributed by atoms with E-state index in [1.54, 1.807) is 6.92 Å². The maximum Gasteiger partial charge on any atom is 0.341 e. The van der Waals surface area contributed by atoms with Gasteiger partial charge in [-0.05, 0) is 49.9 Å². The third kappa shape index (κ3) is 5.71. The highest BCUT2D eigenvalue weighted by Gasteiger charge is 2.22. The molecule has 3 rings (SSSR count). The maximum atomic E-state index is 12.6. The number of benzene rings is 2. The number of carbonyl (C=O) groups excluding carboxylic acids is 2. The van der Waals surface area contributed by atoms with Crippen molar-refractivity contribution >= 4 is 39.8 Å². The van der Waals surface area contributed by atoms with E-state index in [0.29, 0.717) is 28.4 Å². The maximum absolute atomic E-state index is 12.6. The predicted molar refractivity (Wildman–Crippen MR) is 123 cm³/mol. The van der Waals surface area contributed by atoms with Gasteiger partial charge in [0.25, 0.3) is 0 Å². The van der Waals surface area contributed by atoms with Gasteiger partial charge >= 0.3 is 5.97 Å². The van der Waals surface area contributed by atoms with Crippen molar-refractivity contribution in [3.8, 4) is 11.1 Å². The SMILES string of the molecule is CCOC(=O)c1c(-c2ccc(C)cc2)csc1NC(=O)CCCc1ccc(Cl)cc1. The molecule has 0 saturated carbocycles. The highest BCUT2D eigenvalue weighted by molar-refractivity contribution is 7.15. The summed E-state index contributed by atoms with van der Waals surface area (Å²) in [5, 5.41) is 6.02. The molecule has 0 radical (unpaired) electrons. The molecule has 2 aromatic carbocycles. The minimum atomic E-state index is -0.425. The topological polar surface area (TPSA) is 55.4 Å². The molecule has 1 heterocycles. The first-order valence-corrected chi connectivity index (χ1v) is 11.1. The van der Waals surface area contributed by atoms with Crippen LogP contribution in [0.1, 0.15) is 41.3 Å². The lowest BCUT2D eigenvalue weighted by molar-refractivity contribution is -0.116. The van der Waals surface area contributed by atoms with Crippen molar-refractivity contribution < 1.29 is 14.3 Å². The van der Waals surface area contributed by atoms with Crippen LogP contribution in [0, 0.1) is 6.92 Å². The average Bonchev–Trinajstić information content (AvgIpc) is 3.13. The molecule has 0 atom stereocenters. The zero-order chi connectivity index (χ0) is 21.5. The van der Waals surface area contributed by atoms with Gasteiger partial charge in [-0.3, -0.25) is 4.79 Å². The molecule has 0 aliphatic carbocycles. The van der Waals surface area contributed by atoms with Gasteiger partial charge in [-0.15, -0.1) is 11.3 Å². The third-order valence-corrected chi connectivity index (χ3v) is 5.82. The normalized spacial score (nSPS) is 10.6. The first-order valence-electron chi connectivity index (χ1n) is 9.88. The average molecular weight is 442 g/mol. The zero-order valence-corrected chi connectivity index (χ0v) is 18.6. The summed E-state index contributed by atoms with van der Waals surface area (Å²) in [6, 6.07) is 15.6. The molecule has 0 unspecified atom stereocenters. The molecule has 1 amide bonds. The van der Waals surface area contributed by atoms with Gasteiger partial charge < -0.3 is 10.1 Å². The Balaban J connectivity index is 1.71. The summed E-state index contributed by atoms with van der Waals surface area (Å²) in [6.07, 6.45) is 1.86. The minimum absolute atomic E-state index is 0.119. The number of amides is 1. The summed E-state index contributed by atoms with van der Waals surface area (Å²) < 4.78 is 5.25. The number of carbonyl (C=O) groups is 2. The van der Waals surface area contributed by atoms with E-state index in [9.17, 15) is 9.59 Å². The number of halogens is 1. The van der Waals surface area contributed by atoms with E-state index >= 15 is 0 Å². The molecule has 4 nitrogen and oxygen atoms in total. The molecule has 0 fully saturated rings. The van der Waals surface area contributed by atoms with Gasteiger partial charge in [-0.25, -0.2) is 4.79 Å². The van der Waals surface area contributed by atoms with Gasteiger partial charge in [0.15, 0.2) is 0 Å². The molecular weight excluding hydrogens is 418 g/mol. The minimum Gasteiger partial charge on any atom is -0.462 e. The fourth-order valence-corrected chi connectivity index (χ4v) is 4.19. The number of esters is 1. The van der Waals surface area contributed by atoms with Crippen LogP contribution in [-0.2, 0) is 16.0 Å². The molecule has 30 heavy (non-hydrogen) atoms. The van der Waals surface area contributed by atoms with E-state index in [2.05, 4.69) is 5.32 Å². The Morgan fingerprint density at radius 2 is 1.77 bits per heavy atom. The summed E-state index contributed by atoms with van der Waals surface area (Å²) in [5.41, 5.74) is 4.38. The van der Waals surface area contributed by atoms with E-state index in [1.807, 2.05) is 60.8 Å². The number of thiophene rings is 1. The van der Waals surface area contributed by atoms with Crippen LogP contribution in [0.15, 0.2) is 53.9 Å². The number of anilines is 1. The second-order valence-electron chi connectivity index (χ2n) is 6.97. The molecule has 156 valence electrons. The van der Waals surface area contributed by atoms with Gasteiger partial charge in [0, 0.05) is 22.4 Å². The standard InChI is InChI=1S/C24H24ClNO3S/c1-3-29-24(28)22-20(18-11-7-16(2)8-12-18)15-30-23(22)26-21(27)6-4-5-17-9-13-19(25)14-10-17/h7-15H,3-6H2,1-2H3,(H,26,27). The van der Waals surface area contributed by atoms with Crippen molar-refractivity contribution in [1.82, 2.24) is 0 Å². The number of ether oxygens (including phenoxy) is 1. The predicted octanol–water partition coefficient (Wildman–Crippen LogP) is 6.52. The highest BCUT2D eigenvalue weighted by Crippen LogP contribution is 2.36. The van der Waals surface area contributed by atoms with Crippen LogP contribution in [0.25, 0.3) is 11.1 Å². The summed E-state index contributed by atoms with van der Waals surface area (Å²) in [7, 11) is 0. The molecular formula is C24H24ClNO3S. The summed E-state index contributed by atoms with van der Waals surface area (Å²) in [6.45, 7) is 4.06. The number of hydrogen-bond donors (Lipinski definition) is 1. The van der Waals surface area contributed by atoms with Gasteiger partial charge in [-0.1, -0.05) is 53.6 Å². The first-order chi connectivity index (χ1) is 14.5. The van der Waals surface area contributed by atoms with Crippen molar-refractivity contribution in [2.75, 3.05) is 11.9 Å². The van der Waals surface area contributed by atoms with Gasteiger partial charge in [0.1, 0.15) is 10.6 Å². The largest absolute Gasteiger partial charge is 0.462 e. The van der Waals surface area contributed by atoms with Gasteiger partial charge in [0.2, 0.25) is 5.91 Å². The van der Waals surface area contributed by atoms with Crippen molar-refractivity contribution in [2.45, 2.75) is 33.1 Å². The van der Waals surface area contributed by atoms with E-state index < -0.39 is 5.97 Å². The first kappa shape index (κ1) is 22.1. The number of nitrogens with one attached hydrogen (secondary N) is 1. The van der Waals surface area contributed by atoms with Crippen LogP contribution < -0.4 is 5.32 Å².